The van der Waals surface area contributed by atoms with Gasteiger partial charge in [-0.1, -0.05) is 66.7 Å². The first-order valence-electron chi connectivity index (χ1n) is 11.4. The molecule has 0 saturated carbocycles. The second kappa shape index (κ2) is 7.26. The van der Waals surface area contributed by atoms with Crippen LogP contribution in [0.2, 0.25) is 0 Å². The van der Waals surface area contributed by atoms with Crippen LogP contribution in [0.1, 0.15) is 44.7 Å². The van der Waals surface area contributed by atoms with Crippen molar-refractivity contribution in [2.24, 2.45) is 5.41 Å². The molecule has 1 fully saturated rings. The Morgan fingerprint density at radius 1 is 0.882 bits per heavy atom. The number of ketones is 3. The van der Waals surface area contributed by atoms with E-state index in [0.29, 0.717) is 16.9 Å². The molecule has 3 aromatic rings. The number of carbonyl (C=O) groups is 3. The summed E-state index contributed by atoms with van der Waals surface area (Å²) < 4.78 is 5.33. The smallest absolute Gasteiger partial charge is 0.180 e. The average molecular weight is 450 g/mol. The molecule has 0 unspecified atom stereocenters. The van der Waals surface area contributed by atoms with Crippen molar-refractivity contribution in [2.75, 3.05) is 12.0 Å². The van der Waals surface area contributed by atoms with Gasteiger partial charge in [0.2, 0.25) is 0 Å². The van der Waals surface area contributed by atoms with E-state index in [1.54, 1.807) is 38.3 Å². The van der Waals surface area contributed by atoms with Crippen LogP contribution in [-0.2, 0) is 4.79 Å². The van der Waals surface area contributed by atoms with Crippen molar-refractivity contribution in [2.45, 2.75) is 24.9 Å². The Morgan fingerprint density at radius 2 is 1.50 bits per heavy atom. The number of fused-ring (bicyclic) bond motifs is 5. The van der Waals surface area contributed by atoms with Crippen LogP contribution >= 0.6 is 0 Å². The molecule has 0 amide bonds. The number of ether oxygens (including phenoxy) is 1. The van der Waals surface area contributed by atoms with Crippen LogP contribution in [0.5, 0.6) is 5.75 Å². The Kier molecular flexibility index (Phi) is 4.40. The molecule has 5 heteroatoms. The number of hydrogen-bond donors (Lipinski definition) is 0. The van der Waals surface area contributed by atoms with Crippen LogP contribution in [0.25, 0.3) is 6.08 Å². The zero-order chi connectivity index (χ0) is 23.6. The summed E-state index contributed by atoms with van der Waals surface area (Å²) >= 11 is 0. The first-order chi connectivity index (χ1) is 16.5. The molecule has 0 N–H and O–H groups in total. The zero-order valence-electron chi connectivity index (χ0n) is 18.9. The highest BCUT2D eigenvalue weighted by atomic mass is 16.5. The molecule has 2 aliphatic heterocycles. The zero-order valence-corrected chi connectivity index (χ0v) is 18.9. The molecule has 0 aromatic heterocycles. The van der Waals surface area contributed by atoms with Gasteiger partial charge in [0.15, 0.2) is 17.3 Å². The largest absolute Gasteiger partial charge is 0.497 e. The van der Waals surface area contributed by atoms with Crippen LogP contribution in [0.3, 0.4) is 0 Å². The lowest BCUT2D eigenvalue weighted by atomic mass is 9.64. The maximum Gasteiger partial charge on any atom is 0.180 e. The van der Waals surface area contributed by atoms with Gasteiger partial charge < -0.3 is 9.64 Å². The van der Waals surface area contributed by atoms with E-state index in [4.69, 9.17) is 4.74 Å². The molecule has 0 radical (unpaired) electrons. The summed E-state index contributed by atoms with van der Waals surface area (Å²) in [5, 5.41) is 0. The third-order valence-corrected chi connectivity index (χ3v) is 7.60. The number of para-hydroxylation sites is 1. The van der Waals surface area contributed by atoms with Crippen LogP contribution in [0.4, 0.5) is 5.69 Å². The molecule has 1 saturated heterocycles. The van der Waals surface area contributed by atoms with Gasteiger partial charge in [-0.3, -0.25) is 14.4 Å². The molecule has 3 aliphatic rings. The van der Waals surface area contributed by atoms with Crippen LogP contribution < -0.4 is 9.64 Å². The summed E-state index contributed by atoms with van der Waals surface area (Å²) in [6.07, 6.45) is 3.90. The van der Waals surface area contributed by atoms with Crippen LogP contribution in [0, 0.1) is 5.41 Å². The Bertz CT molecular complexity index is 1350. The van der Waals surface area contributed by atoms with E-state index in [9.17, 15) is 14.4 Å². The minimum Gasteiger partial charge on any atom is -0.497 e. The van der Waals surface area contributed by atoms with E-state index in [1.165, 1.54) is 0 Å². The fourth-order valence-corrected chi connectivity index (χ4v) is 6.25. The van der Waals surface area contributed by atoms with Gasteiger partial charge in [-0.2, -0.15) is 0 Å². The Morgan fingerprint density at radius 3 is 2.12 bits per heavy atom. The number of anilines is 1. The number of Topliss-reactive ketones (excluding diaryl/α,β-unsaturated/α-hetero) is 3. The fourth-order valence-electron chi connectivity index (χ4n) is 6.25. The van der Waals surface area contributed by atoms with Crippen molar-refractivity contribution in [3.8, 4) is 5.75 Å². The highest BCUT2D eigenvalue weighted by molar-refractivity contribution is 6.32. The highest BCUT2D eigenvalue weighted by Crippen LogP contribution is 2.60. The molecule has 6 rings (SSSR count). The molecule has 5 nitrogen and oxygen atoms in total. The van der Waals surface area contributed by atoms with Gasteiger partial charge in [-0.05, 0) is 36.2 Å². The normalized spacial score (nSPS) is 23.6. The molecular formula is C29H23NO4. The molecule has 0 bridgehead atoms. The van der Waals surface area contributed by atoms with E-state index < -0.39 is 23.4 Å². The van der Waals surface area contributed by atoms with Crippen molar-refractivity contribution >= 4 is 29.1 Å². The van der Waals surface area contributed by atoms with Crippen molar-refractivity contribution < 1.29 is 19.1 Å². The standard InChI is InChI=1S/C29H23NO4/c1-17(31)26-25(19-11-14-20(34-2)15-12-19)29(27(32)21-8-4-5-9-22(21)28(29)33)24-16-13-18-7-3-6-10-23(18)30(24)26/h3-16,24-26H,1-2H3/t24-,25+,26+/m0/s1. The van der Waals surface area contributed by atoms with Gasteiger partial charge in [-0.25, -0.2) is 0 Å². The quantitative estimate of drug-likeness (QED) is 0.542. The number of hydrogen-bond acceptors (Lipinski definition) is 5. The minimum absolute atomic E-state index is 0.0793. The minimum atomic E-state index is -1.43. The van der Waals surface area contributed by atoms with E-state index in [0.717, 1.165) is 16.8 Å². The molecular weight excluding hydrogens is 426 g/mol. The predicted molar refractivity (Wildman–Crippen MR) is 129 cm³/mol. The Balaban J connectivity index is 1.66. The summed E-state index contributed by atoms with van der Waals surface area (Å²) in [5.74, 6) is -0.479. The van der Waals surface area contributed by atoms with Gasteiger partial charge in [0.1, 0.15) is 11.2 Å². The lowest BCUT2D eigenvalue weighted by Gasteiger charge is -2.37. The fraction of sp³-hybridized carbons (Fsp3) is 0.207. The van der Waals surface area contributed by atoms with E-state index in [2.05, 4.69) is 0 Å². The molecule has 34 heavy (non-hydrogen) atoms. The first-order valence-corrected chi connectivity index (χ1v) is 11.4. The second-order valence-corrected chi connectivity index (χ2v) is 9.15. The van der Waals surface area contributed by atoms with Gasteiger partial charge in [0, 0.05) is 22.7 Å². The average Bonchev–Trinajstić information content (AvgIpc) is 3.31. The Hall–Kier alpha value is -3.99. The topological polar surface area (TPSA) is 63.7 Å². The molecule has 2 heterocycles. The van der Waals surface area contributed by atoms with Crippen molar-refractivity contribution in [1.29, 1.82) is 0 Å². The first kappa shape index (κ1) is 20.6. The number of benzene rings is 3. The molecule has 168 valence electrons. The van der Waals surface area contributed by atoms with Crippen molar-refractivity contribution in [3.05, 3.63) is 101 Å². The molecule has 1 spiro atoms. The Labute approximate surface area is 197 Å². The van der Waals surface area contributed by atoms with E-state index in [1.807, 2.05) is 65.6 Å². The van der Waals surface area contributed by atoms with E-state index in [-0.39, 0.29) is 17.3 Å². The van der Waals surface area contributed by atoms with Gasteiger partial charge in [-0.15, -0.1) is 0 Å². The summed E-state index contributed by atoms with van der Waals surface area (Å²) in [5.41, 5.74) is 2.03. The lowest BCUT2D eigenvalue weighted by molar-refractivity contribution is -0.118. The monoisotopic (exact) mass is 449 g/mol. The number of rotatable bonds is 3. The predicted octanol–water partition coefficient (Wildman–Crippen LogP) is 4.72. The maximum atomic E-state index is 14.3. The molecule has 1 aliphatic carbocycles. The maximum absolute atomic E-state index is 14.3. The SMILES string of the molecule is COc1ccc([C@@H]2[C@@H](C(C)=O)N3c4ccccc4C=C[C@H]3C23C(=O)c2ccccc2C3=O)cc1. The van der Waals surface area contributed by atoms with Crippen LogP contribution in [0.15, 0.2) is 78.9 Å². The van der Waals surface area contributed by atoms with Crippen molar-refractivity contribution in [1.82, 2.24) is 0 Å². The third-order valence-electron chi connectivity index (χ3n) is 7.60. The van der Waals surface area contributed by atoms with E-state index >= 15 is 0 Å². The molecule has 3 aromatic carbocycles. The second-order valence-electron chi connectivity index (χ2n) is 9.15. The molecule has 3 atom stereocenters. The summed E-state index contributed by atoms with van der Waals surface area (Å²) in [4.78, 5) is 43.9. The summed E-state index contributed by atoms with van der Waals surface area (Å²) in [7, 11) is 1.59. The number of nitrogens with zero attached hydrogens (tertiary/aromatic N) is 1. The number of carbonyl (C=O) groups excluding carboxylic acids is 3. The summed E-state index contributed by atoms with van der Waals surface area (Å²) in [6.45, 7) is 1.55. The van der Waals surface area contributed by atoms with Gasteiger partial charge in [0.25, 0.3) is 0 Å². The number of methoxy groups -OCH3 is 1. The van der Waals surface area contributed by atoms with Gasteiger partial charge in [0.05, 0.1) is 19.2 Å². The van der Waals surface area contributed by atoms with Crippen LogP contribution in [-0.4, -0.2) is 36.5 Å². The third kappa shape index (κ3) is 2.47. The lowest BCUT2D eigenvalue weighted by Crippen LogP contribution is -2.48. The van der Waals surface area contributed by atoms with Crippen molar-refractivity contribution in [3.63, 3.8) is 0 Å². The van der Waals surface area contributed by atoms with Gasteiger partial charge >= 0.3 is 0 Å². The summed E-state index contributed by atoms with van der Waals surface area (Å²) in [6, 6.07) is 21.0. The highest BCUT2D eigenvalue weighted by Gasteiger charge is 2.71.